The summed E-state index contributed by atoms with van der Waals surface area (Å²) in [4.78, 5) is 9.54. The smallest absolute Gasteiger partial charge is 0.225 e. The van der Waals surface area contributed by atoms with Crippen molar-refractivity contribution in [2.45, 2.75) is 0 Å². The molecular weight excluding hydrogens is 115 g/mol. The van der Waals surface area contributed by atoms with Crippen LogP contribution in [0, 0.1) is 11.3 Å². The molecule has 0 bridgehead atoms. The van der Waals surface area contributed by atoms with Crippen molar-refractivity contribution in [1.29, 1.82) is 5.26 Å². The zero-order valence-electron chi connectivity index (χ0n) is 3.47. The number of nitriles is 1. The third-order valence-electron chi connectivity index (χ3n) is 0.336. The fraction of sp³-hybridized carbons (Fsp3) is 0.333. The fourth-order valence-electron chi connectivity index (χ4n) is 0.105. The third-order valence-corrected chi connectivity index (χ3v) is 0.535. The molecule has 0 rings (SSSR count). The van der Waals surface area contributed by atoms with E-state index in [1.807, 2.05) is 0 Å². The van der Waals surface area contributed by atoms with Gasteiger partial charge >= 0.3 is 0 Å². The maximum absolute atomic E-state index is 9.54. The van der Waals surface area contributed by atoms with Gasteiger partial charge in [0.2, 0.25) is 6.41 Å². The molecule has 0 radical (unpaired) electrons. The summed E-state index contributed by atoms with van der Waals surface area (Å²) in [6.07, 6.45) is 0.380. The molecular formula is C3H3ClN2O. The van der Waals surface area contributed by atoms with Gasteiger partial charge in [0.25, 0.3) is 0 Å². The van der Waals surface area contributed by atoms with Gasteiger partial charge in [-0.05, 0) is 0 Å². The number of rotatable bonds is 2. The van der Waals surface area contributed by atoms with Gasteiger partial charge in [-0.25, -0.2) is 4.42 Å². The van der Waals surface area contributed by atoms with Gasteiger partial charge in [0.1, 0.15) is 6.54 Å². The molecule has 0 atom stereocenters. The van der Waals surface area contributed by atoms with Gasteiger partial charge in [-0.2, -0.15) is 5.26 Å². The highest BCUT2D eigenvalue weighted by Crippen LogP contribution is 1.82. The van der Waals surface area contributed by atoms with Gasteiger partial charge in [-0.3, -0.25) is 4.79 Å². The summed E-state index contributed by atoms with van der Waals surface area (Å²) < 4.78 is 0.736. The Morgan fingerprint density at radius 1 is 2.00 bits per heavy atom. The highest BCUT2D eigenvalue weighted by Gasteiger charge is 1.88. The maximum Gasteiger partial charge on any atom is 0.225 e. The zero-order chi connectivity index (χ0) is 5.70. The standard InChI is InChI=1S/C3H3ClN2O/c4-6(3-7)2-1-5/h3H,2H2. The van der Waals surface area contributed by atoms with Gasteiger partial charge < -0.3 is 0 Å². The largest absolute Gasteiger partial charge is 0.277 e. The molecule has 0 aromatic carbocycles. The van der Waals surface area contributed by atoms with E-state index in [2.05, 4.69) is 0 Å². The first-order valence-corrected chi connectivity index (χ1v) is 1.89. The van der Waals surface area contributed by atoms with Crippen LogP contribution in [0.3, 0.4) is 0 Å². The number of halogens is 1. The first-order chi connectivity index (χ1) is 3.31. The molecule has 0 aliphatic carbocycles. The van der Waals surface area contributed by atoms with Crippen molar-refractivity contribution in [3.8, 4) is 6.07 Å². The Hall–Kier alpha value is -0.750. The van der Waals surface area contributed by atoms with Crippen LogP contribution in [-0.2, 0) is 4.79 Å². The monoisotopic (exact) mass is 118 g/mol. The number of hydrogen-bond donors (Lipinski definition) is 0. The molecule has 0 aliphatic rings. The van der Waals surface area contributed by atoms with Crippen molar-refractivity contribution in [3.05, 3.63) is 0 Å². The zero-order valence-corrected chi connectivity index (χ0v) is 4.22. The van der Waals surface area contributed by atoms with E-state index in [9.17, 15) is 4.79 Å². The Bertz CT molecular complexity index is 97.6. The molecule has 38 valence electrons. The summed E-state index contributed by atoms with van der Waals surface area (Å²) >= 11 is 5.01. The molecule has 0 N–H and O–H groups in total. The summed E-state index contributed by atoms with van der Waals surface area (Å²) in [5.74, 6) is 0. The highest BCUT2D eigenvalue weighted by atomic mass is 35.5. The van der Waals surface area contributed by atoms with Crippen molar-refractivity contribution < 1.29 is 4.79 Å². The van der Waals surface area contributed by atoms with E-state index in [1.165, 1.54) is 0 Å². The van der Waals surface area contributed by atoms with Gasteiger partial charge in [0.15, 0.2) is 0 Å². The fourth-order valence-corrected chi connectivity index (χ4v) is 0.158. The van der Waals surface area contributed by atoms with Gasteiger partial charge in [-0.1, -0.05) is 0 Å². The minimum absolute atomic E-state index is 0.0644. The van der Waals surface area contributed by atoms with Crippen LogP contribution in [0.15, 0.2) is 0 Å². The molecule has 0 heterocycles. The number of nitrogens with zero attached hydrogens (tertiary/aromatic N) is 2. The molecule has 0 aliphatic heterocycles. The SMILES string of the molecule is N#CCN(Cl)C=O. The molecule has 0 aromatic heterocycles. The van der Waals surface area contributed by atoms with Crippen LogP contribution in [0.1, 0.15) is 0 Å². The minimum Gasteiger partial charge on any atom is -0.277 e. The average molecular weight is 119 g/mol. The number of carbonyl (C=O) groups excluding carboxylic acids is 1. The lowest BCUT2D eigenvalue weighted by Crippen LogP contribution is -2.07. The van der Waals surface area contributed by atoms with Crippen molar-refractivity contribution >= 4 is 18.2 Å². The van der Waals surface area contributed by atoms with Crippen molar-refractivity contribution in [2.75, 3.05) is 6.54 Å². The molecule has 3 nitrogen and oxygen atoms in total. The Balaban J connectivity index is 3.21. The van der Waals surface area contributed by atoms with Gasteiger partial charge in [0, 0.05) is 11.8 Å². The van der Waals surface area contributed by atoms with Crippen molar-refractivity contribution in [1.82, 2.24) is 4.42 Å². The predicted molar refractivity (Wildman–Crippen MR) is 24.2 cm³/mol. The normalized spacial score (nSPS) is 6.86. The summed E-state index contributed by atoms with van der Waals surface area (Å²) in [6, 6.07) is 1.68. The summed E-state index contributed by atoms with van der Waals surface area (Å²) in [5.41, 5.74) is 0. The molecule has 1 amide bonds. The van der Waals surface area contributed by atoms with Crippen LogP contribution in [-0.4, -0.2) is 17.4 Å². The molecule has 0 spiro atoms. The van der Waals surface area contributed by atoms with E-state index in [0.29, 0.717) is 6.41 Å². The molecule has 0 saturated carbocycles. The van der Waals surface area contributed by atoms with Crippen LogP contribution in [0.25, 0.3) is 0 Å². The van der Waals surface area contributed by atoms with E-state index >= 15 is 0 Å². The van der Waals surface area contributed by atoms with E-state index in [-0.39, 0.29) is 6.54 Å². The summed E-state index contributed by atoms with van der Waals surface area (Å²) in [6.45, 7) is -0.0644. The second kappa shape index (κ2) is 3.44. The summed E-state index contributed by atoms with van der Waals surface area (Å²) in [5, 5.41) is 7.83. The Morgan fingerprint density at radius 3 is 2.71 bits per heavy atom. The first kappa shape index (κ1) is 6.25. The lowest BCUT2D eigenvalue weighted by Gasteiger charge is -1.94. The van der Waals surface area contributed by atoms with Gasteiger partial charge in [0.05, 0.1) is 6.07 Å². The Kier molecular flexibility index (Phi) is 3.07. The molecule has 4 heteroatoms. The Morgan fingerprint density at radius 2 is 2.57 bits per heavy atom. The second-order valence-electron chi connectivity index (χ2n) is 0.821. The van der Waals surface area contributed by atoms with Crippen molar-refractivity contribution in [3.63, 3.8) is 0 Å². The molecule has 7 heavy (non-hydrogen) atoms. The van der Waals surface area contributed by atoms with Gasteiger partial charge in [-0.15, -0.1) is 0 Å². The first-order valence-electron chi connectivity index (χ1n) is 1.56. The average Bonchev–Trinajstić information content (AvgIpc) is 1.68. The lowest BCUT2D eigenvalue weighted by atomic mass is 10.7. The second-order valence-corrected chi connectivity index (χ2v) is 1.26. The molecule has 0 unspecified atom stereocenters. The Labute approximate surface area is 46.2 Å². The van der Waals surface area contributed by atoms with E-state index in [0.717, 1.165) is 4.42 Å². The minimum atomic E-state index is -0.0644. The van der Waals surface area contributed by atoms with Crippen molar-refractivity contribution in [2.24, 2.45) is 0 Å². The van der Waals surface area contributed by atoms with Crippen LogP contribution in [0.5, 0.6) is 0 Å². The maximum atomic E-state index is 9.54. The van der Waals surface area contributed by atoms with Crippen LogP contribution in [0.2, 0.25) is 0 Å². The molecule has 0 aromatic rings. The number of hydrogen-bond acceptors (Lipinski definition) is 2. The number of amides is 1. The van der Waals surface area contributed by atoms with E-state index in [4.69, 9.17) is 17.0 Å². The number of carbonyl (C=O) groups is 1. The lowest BCUT2D eigenvalue weighted by molar-refractivity contribution is -0.113. The predicted octanol–water partition coefficient (Wildman–Crippen LogP) is 0.122. The van der Waals surface area contributed by atoms with Crippen LogP contribution < -0.4 is 0 Å². The molecule has 0 saturated heterocycles. The highest BCUT2D eigenvalue weighted by molar-refractivity contribution is 6.18. The summed E-state index contributed by atoms with van der Waals surface area (Å²) in [7, 11) is 0. The van der Waals surface area contributed by atoms with Crippen LogP contribution >= 0.6 is 11.8 Å². The molecule has 0 fully saturated rings. The van der Waals surface area contributed by atoms with E-state index < -0.39 is 0 Å². The van der Waals surface area contributed by atoms with E-state index in [1.54, 1.807) is 6.07 Å². The quantitative estimate of drug-likeness (QED) is 0.294. The topological polar surface area (TPSA) is 44.1 Å². The third kappa shape index (κ3) is 3.07. The van der Waals surface area contributed by atoms with Crippen LogP contribution in [0.4, 0.5) is 0 Å².